The Kier molecular flexibility index (Phi) is 3.72. The lowest BCUT2D eigenvalue weighted by Gasteiger charge is -2.45. The highest BCUT2D eigenvalue weighted by molar-refractivity contribution is 4.98. The number of rotatable bonds is 3. The first-order valence-electron chi connectivity index (χ1n) is 7.80. The van der Waals surface area contributed by atoms with Crippen molar-refractivity contribution in [3.8, 4) is 0 Å². The molecule has 2 atom stereocenters. The number of fused-ring (bicyclic) bond motifs is 2. The number of nitrogens with zero attached hydrogens (tertiary/aromatic N) is 1. The maximum absolute atomic E-state index is 3.38. The standard InChI is InChI=1S/C15H28N2/c1-16-11-12-9-14-7-8-15(10-12)17(14)13-5-3-2-4-6-13/h12-16H,2-11H2,1H3. The lowest BCUT2D eigenvalue weighted by molar-refractivity contribution is 0.0425. The molecule has 0 amide bonds. The van der Waals surface area contributed by atoms with Gasteiger partial charge in [0.05, 0.1) is 0 Å². The Morgan fingerprint density at radius 3 is 2.12 bits per heavy atom. The Balaban J connectivity index is 1.63. The van der Waals surface area contributed by atoms with Crippen LogP contribution < -0.4 is 5.32 Å². The SMILES string of the molecule is CNCC1CC2CCC(C1)N2C1CCCCC1. The first kappa shape index (κ1) is 12.0. The van der Waals surface area contributed by atoms with Crippen molar-refractivity contribution in [2.75, 3.05) is 13.6 Å². The second-order valence-corrected chi connectivity index (χ2v) is 6.52. The minimum Gasteiger partial charge on any atom is -0.319 e. The molecule has 2 saturated heterocycles. The van der Waals surface area contributed by atoms with Crippen LogP contribution in [-0.2, 0) is 0 Å². The van der Waals surface area contributed by atoms with Gasteiger partial charge in [-0.25, -0.2) is 0 Å². The summed E-state index contributed by atoms with van der Waals surface area (Å²) in [4.78, 5) is 2.96. The van der Waals surface area contributed by atoms with Crippen LogP contribution in [0, 0.1) is 5.92 Å². The highest BCUT2D eigenvalue weighted by atomic mass is 15.2. The molecule has 3 rings (SSSR count). The van der Waals surface area contributed by atoms with Crippen molar-refractivity contribution in [2.45, 2.75) is 75.9 Å². The molecule has 0 radical (unpaired) electrons. The maximum atomic E-state index is 3.38. The van der Waals surface area contributed by atoms with Gasteiger partial charge in [0.2, 0.25) is 0 Å². The van der Waals surface area contributed by atoms with Gasteiger partial charge in [-0.3, -0.25) is 4.90 Å². The van der Waals surface area contributed by atoms with Crippen molar-refractivity contribution in [3.63, 3.8) is 0 Å². The van der Waals surface area contributed by atoms with Crippen LogP contribution in [0.4, 0.5) is 0 Å². The molecule has 0 spiro atoms. The Bertz CT molecular complexity index is 233. The van der Waals surface area contributed by atoms with E-state index in [-0.39, 0.29) is 0 Å². The molecule has 17 heavy (non-hydrogen) atoms. The van der Waals surface area contributed by atoms with E-state index in [9.17, 15) is 0 Å². The van der Waals surface area contributed by atoms with Crippen LogP contribution in [0.2, 0.25) is 0 Å². The van der Waals surface area contributed by atoms with Crippen molar-refractivity contribution < 1.29 is 0 Å². The van der Waals surface area contributed by atoms with Crippen LogP contribution in [0.3, 0.4) is 0 Å². The molecule has 2 heterocycles. The van der Waals surface area contributed by atoms with Gasteiger partial charge >= 0.3 is 0 Å². The summed E-state index contributed by atoms with van der Waals surface area (Å²) in [6, 6.07) is 2.84. The Hall–Kier alpha value is -0.0800. The van der Waals surface area contributed by atoms with Crippen LogP contribution >= 0.6 is 0 Å². The molecule has 2 bridgehead atoms. The van der Waals surface area contributed by atoms with Gasteiger partial charge in [0.15, 0.2) is 0 Å². The molecule has 3 fully saturated rings. The summed E-state index contributed by atoms with van der Waals surface area (Å²) in [6.45, 7) is 1.24. The Morgan fingerprint density at radius 1 is 0.882 bits per heavy atom. The summed E-state index contributed by atoms with van der Waals surface area (Å²) in [5.41, 5.74) is 0. The van der Waals surface area contributed by atoms with Gasteiger partial charge in [-0.15, -0.1) is 0 Å². The van der Waals surface area contributed by atoms with Gasteiger partial charge in [0.25, 0.3) is 0 Å². The van der Waals surface area contributed by atoms with Crippen LogP contribution in [-0.4, -0.2) is 36.6 Å². The van der Waals surface area contributed by atoms with Crippen molar-refractivity contribution in [1.82, 2.24) is 10.2 Å². The molecular weight excluding hydrogens is 208 g/mol. The number of hydrogen-bond donors (Lipinski definition) is 1. The molecular formula is C15H28N2. The highest BCUT2D eigenvalue weighted by Gasteiger charge is 2.43. The normalized spacial score (nSPS) is 39.7. The number of piperidine rings is 1. The van der Waals surface area contributed by atoms with E-state index < -0.39 is 0 Å². The largest absolute Gasteiger partial charge is 0.319 e. The first-order chi connectivity index (χ1) is 8.38. The molecule has 1 saturated carbocycles. The highest BCUT2D eigenvalue weighted by Crippen LogP contribution is 2.42. The third kappa shape index (κ3) is 2.39. The molecule has 2 aliphatic heterocycles. The molecule has 0 aromatic carbocycles. The third-order valence-electron chi connectivity index (χ3n) is 5.38. The fourth-order valence-electron chi connectivity index (χ4n) is 4.76. The lowest BCUT2D eigenvalue weighted by Crippen LogP contribution is -2.50. The van der Waals surface area contributed by atoms with Crippen molar-refractivity contribution >= 4 is 0 Å². The summed E-state index contributed by atoms with van der Waals surface area (Å²) in [7, 11) is 2.11. The van der Waals surface area contributed by atoms with E-state index in [1.54, 1.807) is 0 Å². The van der Waals surface area contributed by atoms with Gasteiger partial charge in [0, 0.05) is 18.1 Å². The number of nitrogens with one attached hydrogen (secondary N) is 1. The Morgan fingerprint density at radius 2 is 1.53 bits per heavy atom. The van der Waals surface area contributed by atoms with E-state index in [1.807, 2.05) is 0 Å². The van der Waals surface area contributed by atoms with E-state index in [2.05, 4.69) is 17.3 Å². The van der Waals surface area contributed by atoms with Crippen molar-refractivity contribution in [1.29, 1.82) is 0 Å². The van der Waals surface area contributed by atoms with Gasteiger partial charge < -0.3 is 5.32 Å². The fourth-order valence-corrected chi connectivity index (χ4v) is 4.76. The van der Waals surface area contributed by atoms with Gasteiger partial charge in [-0.05, 0) is 58.0 Å². The monoisotopic (exact) mass is 236 g/mol. The zero-order chi connectivity index (χ0) is 11.7. The van der Waals surface area contributed by atoms with E-state index in [0.717, 1.165) is 24.0 Å². The maximum Gasteiger partial charge on any atom is 0.0105 e. The summed E-state index contributed by atoms with van der Waals surface area (Å²) >= 11 is 0. The van der Waals surface area contributed by atoms with Crippen LogP contribution in [0.5, 0.6) is 0 Å². The zero-order valence-electron chi connectivity index (χ0n) is 11.3. The predicted molar refractivity (Wildman–Crippen MR) is 72.2 cm³/mol. The average molecular weight is 236 g/mol. The third-order valence-corrected chi connectivity index (χ3v) is 5.38. The minimum absolute atomic E-state index is 0.940. The molecule has 1 N–H and O–H groups in total. The lowest BCUT2D eigenvalue weighted by atomic mass is 9.86. The summed E-state index contributed by atoms with van der Waals surface area (Å²) in [6.07, 6.45) is 13.3. The molecule has 0 aromatic rings. The molecule has 0 aromatic heterocycles. The van der Waals surface area contributed by atoms with E-state index in [4.69, 9.17) is 0 Å². The fraction of sp³-hybridized carbons (Fsp3) is 1.00. The van der Waals surface area contributed by atoms with Crippen molar-refractivity contribution in [3.05, 3.63) is 0 Å². The smallest absolute Gasteiger partial charge is 0.0105 e. The second kappa shape index (κ2) is 5.27. The zero-order valence-corrected chi connectivity index (χ0v) is 11.3. The summed E-state index contributed by atoms with van der Waals surface area (Å²) in [5, 5.41) is 3.38. The quantitative estimate of drug-likeness (QED) is 0.810. The second-order valence-electron chi connectivity index (χ2n) is 6.52. The molecule has 98 valence electrons. The number of hydrogen-bond acceptors (Lipinski definition) is 2. The first-order valence-corrected chi connectivity index (χ1v) is 7.80. The Labute approximate surface area is 106 Å². The summed E-state index contributed by atoms with van der Waals surface area (Å²) in [5.74, 6) is 0.956. The van der Waals surface area contributed by atoms with Gasteiger partial charge in [-0.1, -0.05) is 19.3 Å². The molecule has 1 aliphatic carbocycles. The van der Waals surface area contributed by atoms with Gasteiger partial charge in [0.1, 0.15) is 0 Å². The van der Waals surface area contributed by atoms with Gasteiger partial charge in [-0.2, -0.15) is 0 Å². The molecule has 3 aliphatic rings. The van der Waals surface area contributed by atoms with E-state index in [1.165, 1.54) is 64.3 Å². The van der Waals surface area contributed by atoms with E-state index in [0.29, 0.717) is 0 Å². The van der Waals surface area contributed by atoms with Crippen LogP contribution in [0.15, 0.2) is 0 Å². The van der Waals surface area contributed by atoms with Crippen LogP contribution in [0.1, 0.15) is 57.8 Å². The topological polar surface area (TPSA) is 15.3 Å². The van der Waals surface area contributed by atoms with Crippen molar-refractivity contribution in [2.24, 2.45) is 5.92 Å². The van der Waals surface area contributed by atoms with Crippen LogP contribution in [0.25, 0.3) is 0 Å². The predicted octanol–water partition coefficient (Wildman–Crippen LogP) is 2.78. The summed E-state index contributed by atoms with van der Waals surface area (Å²) < 4.78 is 0. The molecule has 2 nitrogen and oxygen atoms in total. The minimum atomic E-state index is 0.940. The average Bonchev–Trinajstić information content (AvgIpc) is 2.63. The molecule has 2 heteroatoms. The molecule has 2 unspecified atom stereocenters. The van der Waals surface area contributed by atoms with E-state index >= 15 is 0 Å².